The number of fused-ring (bicyclic) bond motifs is 1. The van der Waals surface area contributed by atoms with E-state index in [1.807, 2.05) is 12.1 Å². The van der Waals surface area contributed by atoms with Crippen LogP contribution in [0.3, 0.4) is 0 Å². The lowest BCUT2D eigenvalue weighted by atomic mass is 10.1. The topological polar surface area (TPSA) is 76.7 Å². The first-order valence-corrected chi connectivity index (χ1v) is 7.40. The Balaban J connectivity index is 1.76. The summed E-state index contributed by atoms with van der Waals surface area (Å²) in [5, 5.41) is 7.51. The second kappa shape index (κ2) is 6.23. The summed E-state index contributed by atoms with van der Waals surface area (Å²) in [4.78, 5) is 12.2. The molecule has 0 bridgehead atoms. The van der Waals surface area contributed by atoms with Gasteiger partial charge in [0.05, 0.1) is 0 Å². The Kier molecular flexibility index (Phi) is 3.77. The Morgan fingerprint density at radius 2 is 1.92 bits per heavy atom. The number of hydrogen-bond acceptors (Lipinski definition) is 6. The molecule has 0 spiro atoms. The van der Waals surface area contributed by atoms with Crippen LogP contribution in [-0.4, -0.2) is 20.1 Å². The Morgan fingerprint density at radius 3 is 2.68 bits per heavy atom. The molecule has 8 heteroatoms. The summed E-state index contributed by atoms with van der Waals surface area (Å²) in [6.07, 6.45) is 4.74. The summed E-state index contributed by atoms with van der Waals surface area (Å²) >= 11 is 0. The third kappa shape index (κ3) is 3.01. The molecule has 0 aliphatic carbocycles. The number of nitrogens with zero attached hydrogens (tertiary/aromatic N) is 4. The lowest BCUT2D eigenvalue weighted by molar-refractivity contribution is 0.451. The molecule has 0 saturated heterocycles. The summed E-state index contributed by atoms with van der Waals surface area (Å²) in [5.41, 5.74) is 1.69. The van der Waals surface area contributed by atoms with Gasteiger partial charge in [0.2, 0.25) is 0 Å². The van der Waals surface area contributed by atoms with E-state index in [1.165, 1.54) is 18.5 Å². The molecule has 4 rings (SSSR count). The maximum absolute atomic E-state index is 13.5. The van der Waals surface area contributed by atoms with Gasteiger partial charge in [0, 0.05) is 30.6 Å². The quantitative estimate of drug-likeness (QED) is 0.612. The van der Waals surface area contributed by atoms with Crippen molar-refractivity contribution in [3.05, 3.63) is 66.3 Å². The van der Waals surface area contributed by atoms with Gasteiger partial charge in [-0.2, -0.15) is 4.98 Å². The van der Waals surface area contributed by atoms with Crippen molar-refractivity contribution in [2.75, 3.05) is 5.32 Å². The van der Waals surface area contributed by atoms with Gasteiger partial charge in [-0.25, -0.2) is 13.8 Å². The SMILES string of the molecule is Fc1cc(F)cc(-c2noc3ncnc(NCc4cccnc4)c23)c1. The molecule has 0 aliphatic heterocycles. The highest BCUT2D eigenvalue weighted by atomic mass is 19.1. The molecule has 3 aromatic heterocycles. The maximum Gasteiger partial charge on any atom is 0.263 e. The van der Waals surface area contributed by atoms with Crippen LogP contribution >= 0.6 is 0 Å². The van der Waals surface area contributed by atoms with Crippen molar-refractivity contribution >= 4 is 16.9 Å². The van der Waals surface area contributed by atoms with Gasteiger partial charge in [-0.15, -0.1) is 0 Å². The van der Waals surface area contributed by atoms with Crippen LogP contribution in [0.4, 0.5) is 14.6 Å². The van der Waals surface area contributed by atoms with Crippen LogP contribution in [0.5, 0.6) is 0 Å². The largest absolute Gasteiger partial charge is 0.365 e. The van der Waals surface area contributed by atoms with E-state index in [1.54, 1.807) is 12.4 Å². The van der Waals surface area contributed by atoms with Crippen LogP contribution < -0.4 is 5.32 Å². The molecule has 1 aromatic carbocycles. The van der Waals surface area contributed by atoms with E-state index in [4.69, 9.17) is 4.52 Å². The lowest BCUT2D eigenvalue weighted by Gasteiger charge is -2.06. The first-order chi connectivity index (χ1) is 12.2. The van der Waals surface area contributed by atoms with E-state index in [2.05, 4.69) is 25.4 Å². The standard InChI is InChI=1S/C17H11F2N5O/c18-12-4-11(5-13(19)6-12)15-14-16(22-9-23-17(14)25-24-15)21-8-10-2-1-3-20-7-10/h1-7,9H,8H2,(H,21,22,23). The molecule has 0 saturated carbocycles. The number of halogens is 2. The average molecular weight is 339 g/mol. The molecule has 6 nitrogen and oxygen atoms in total. The Labute approximate surface area is 140 Å². The van der Waals surface area contributed by atoms with Crippen molar-refractivity contribution in [3.63, 3.8) is 0 Å². The van der Waals surface area contributed by atoms with Crippen molar-refractivity contribution in [3.8, 4) is 11.3 Å². The van der Waals surface area contributed by atoms with Crippen LogP contribution in [0, 0.1) is 11.6 Å². The average Bonchev–Trinajstić information content (AvgIpc) is 3.05. The first kappa shape index (κ1) is 15.1. The predicted octanol–water partition coefficient (Wildman–Crippen LogP) is 3.57. The highest BCUT2D eigenvalue weighted by molar-refractivity contribution is 5.97. The van der Waals surface area contributed by atoms with E-state index >= 15 is 0 Å². The van der Waals surface area contributed by atoms with E-state index in [-0.39, 0.29) is 17.0 Å². The molecule has 0 amide bonds. The summed E-state index contributed by atoms with van der Waals surface area (Å²) < 4.78 is 32.3. The minimum absolute atomic E-state index is 0.225. The number of anilines is 1. The second-order valence-corrected chi connectivity index (χ2v) is 5.31. The third-order valence-electron chi connectivity index (χ3n) is 3.59. The fraction of sp³-hybridized carbons (Fsp3) is 0.0588. The summed E-state index contributed by atoms with van der Waals surface area (Å²) in [5.74, 6) is -0.949. The zero-order valence-corrected chi connectivity index (χ0v) is 12.8. The second-order valence-electron chi connectivity index (χ2n) is 5.31. The Hall–Kier alpha value is -3.42. The number of hydrogen-bond donors (Lipinski definition) is 1. The van der Waals surface area contributed by atoms with Crippen LogP contribution in [0.25, 0.3) is 22.4 Å². The van der Waals surface area contributed by atoms with Gasteiger partial charge in [0.15, 0.2) is 0 Å². The van der Waals surface area contributed by atoms with Crippen molar-refractivity contribution in [1.82, 2.24) is 20.1 Å². The molecule has 0 unspecified atom stereocenters. The fourth-order valence-corrected chi connectivity index (χ4v) is 2.50. The zero-order chi connectivity index (χ0) is 17.2. The van der Waals surface area contributed by atoms with Gasteiger partial charge in [-0.3, -0.25) is 4.98 Å². The molecule has 25 heavy (non-hydrogen) atoms. The first-order valence-electron chi connectivity index (χ1n) is 7.40. The van der Waals surface area contributed by atoms with Crippen LogP contribution in [0.15, 0.2) is 53.6 Å². The molecule has 4 aromatic rings. The molecule has 3 heterocycles. The van der Waals surface area contributed by atoms with Gasteiger partial charge < -0.3 is 9.84 Å². The van der Waals surface area contributed by atoms with E-state index in [0.29, 0.717) is 17.7 Å². The van der Waals surface area contributed by atoms with Crippen LogP contribution in [0.2, 0.25) is 0 Å². The van der Waals surface area contributed by atoms with Gasteiger partial charge in [0.1, 0.15) is 34.9 Å². The molecule has 0 atom stereocenters. The Bertz CT molecular complexity index is 1020. The molecular weight excluding hydrogens is 328 g/mol. The molecule has 1 N–H and O–H groups in total. The molecule has 0 fully saturated rings. The number of aromatic nitrogens is 4. The third-order valence-corrected chi connectivity index (χ3v) is 3.59. The van der Waals surface area contributed by atoms with Gasteiger partial charge in [-0.1, -0.05) is 11.2 Å². The van der Waals surface area contributed by atoms with Crippen molar-refractivity contribution in [2.45, 2.75) is 6.54 Å². The van der Waals surface area contributed by atoms with Gasteiger partial charge in [0.25, 0.3) is 5.71 Å². The monoisotopic (exact) mass is 339 g/mol. The van der Waals surface area contributed by atoms with E-state index < -0.39 is 11.6 Å². The predicted molar refractivity (Wildman–Crippen MR) is 86.5 cm³/mol. The molecule has 0 radical (unpaired) electrons. The highest BCUT2D eigenvalue weighted by Gasteiger charge is 2.18. The lowest BCUT2D eigenvalue weighted by Crippen LogP contribution is -2.02. The van der Waals surface area contributed by atoms with Crippen molar-refractivity contribution < 1.29 is 13.3 Å². The van der Waals surface area contributed by atoms with Crippen LogP contribution in [0.1, 0.15) is 5.56 Å². The van der Waals surface area contributed by atoms with Gasteiger partial charge in [-0.05, 0) is 23.8 Å². The van der Waals surface area contributed by atoms with Crippen molar-refractivity contribution in [1.29, 1.82) is 0 Å². The molecule has 124 valence electrons. The smallest absolute Gasteiger partial charge is 0.263 e. The minimum atomic E-state index is -0.701. The fourth-order valence-electron chi connectivity index (χ4n) is 2.50. The number of pyridine rings is 1. The van der Waals surface area contributed by atoms with E-state index in [9.17, 15) is 8.78 Å². The van der Waals surface area contributed by atoms with Gasteiger partial charge >= 0.3 is 0 Å². The number of nitrogens with one attached hydrogen (secondary N) is 1. The number of rotatable bonds is 4. The summed E-state index contributed by atoms with van der Waals surface area (Å²) in [6, 6.07) is 6.89. The summed E-state index contributed by atoms with van der Waals surface area (Å²) in [7, 11) is 0. The normalized spacial score (nSPS) is 11.0. The van der Waals surface area contributed by atoms with Crippen LogP contribution in [-0.2, 0) is 6.54 Å². The van der Waals surface area contributed by atoms with E-state index in [0.717, 1.165) is 11.6 Å². The molecule has 0 aliphatic rings. The number of benzene rings is 1. The highest BCUT2D eigenvalue weighted by Crippen LogP contribution is 2.32. The Morgan fingerprint density at radius 1 is 1.08 bits per heavy atom. The maximum atomic E-state index is 13.5. The minimum Gasteiger partial charge on any atom is -0.365 e. The van der Waals surface area contributed by atoms with Crippen molar-refractivity contribution in [2.24, 2.45) is 0 Å². The summed E-state index contributed by atoms with van der Waals surface area (Å²) in [6.45, 7) is 0.460. The zero-order valence-electron chi connectivity index (χ0n) is 12.8. The molecular formula is C17H11F2N5O.